The lowest BCUT2D eigenvalue weighted by atomic mass is 9.97. The van der Waals surface area contributed by atoms with Gasteiger partial charge in [0.2, 0.25) is 0 Å². The van der Waals surface area contributed by atoms with E-state index in [0.717, 1.165) is 55.7 Å². The molecule has 0 aromatic carbocycles. The van der Waals surface area contributed by atoms with Crippen LogP contribution in [0.25, 0.3) is 0 Å². The van der Waals surface area contributed by atoms with Crippen molar-refractivity contribution in [2.45, 2.75) is 57.8 Å². The first-order chi connectivity index (χ1) is 14.3. The molecule has 2 aromatic rings. The Bertz CT molecular complexity index is 808. The van der Waals surface area contributed by atoms with E-state index in [4.69, 9.17) is 9.72 Å². The van der Waals surface area contributed by atoms with Crippen molar-refractivity contribution >= 4 is 11.8 Å². The van der Waals surface area contributed by atoms with Crippen LogP contribution in [0.15, 0.2) is 43.0 Å². The van der Waals surface area contributed by atoms with Crippen molar-refractivity contribution in [3.8, 4) is 0 Å². The molecule has 0 saturated heterocycles. The van der Waals surface area contributed by atoms with Gasteiger partial charge in [-0.2, -0.15) is 0 Å². The highest BCUT2D eigenvalue weighted by atomic mass is 16.5. The van der Waals surface area contributed by atoms with E-state index in [-0.39, 0.29) is 11.9 Å². The Morgan fingerprint density at radius 3 is 2.97 bits per heavy atom. The summed E-state index contributed by atoms with van der Waals surface area (Å²) >= 11 is 0. The van der Waals surface area contributed by atoms with Gasteiger partial charge in [-0.3, -0.25) is 4.79 Å². The molecule has 6 heteroatoms. The molecule has 0 saturated carbocycles. The molecule has 1 N–H and O–H groups in total. The Kier molecular flexibility index (Phi) is 8.16. The number of hydrogen-bond donors (Lipinski definition) is 1. The second-order valence-corrected chi connectivity index (χ2v) is 7.30. The predicted octanol–water partition coefficient (Wildman–Crippen LogP) is 4.24. The fourth-order valence-corrected chi connectivity index (χ4v) is 3.54. The van der Waals surface area contributed by atoms with Crippen molar-refractivity contribution < 1.29 is 9.53 Å². The number of aryl methyl sites for hydroxylation is 2. The second kappa shape index (κ2) is 11.3. The lowest BCUT2D eigenvalue weighted by molar-refractivity contribution is -0.143. The number of aromatic nitrogens is 3. The van der Waals surface area contributed by atoms with Crippen LogP contribution in [0, 0.1) is 0 Å². The zero-order valence-corrected chi connectivity index (χ0v) is 17.1. The molecular formula is C23H30N4O2. The van der Waals surface area contributed by atoms with Crippen molar-refractivity contribution in [2.24, 2.45) is 0 Å². The summed E-state index contributed by atoms with van der Waals surface area (Å²) in [5.41, 5.74) is 3.42. The number of ether oxygens (including phenoxy) is 1. The van der Waals surface area contributed by atoms with Crippen LogP contribution < -0.4 is 5.32 Å². The summed E-state index contributed by atoms with van der Waals surface area (Å²) in [6.45, 7) is 3.24. The Morgan fingerprint density at radius 2 is 2.14 bits per heavy atom. The van der Waals surface area contributed by atoms with Gasteiger partial charge in [-0.25, -0.2) is 15.0 Å². The highest BCUT2D eigenvalue weighted by Crippen LogP contribution is 2.22. The van der Waals surface area contributed by atoms with E-state index in [2.05, 4.69) is 39.6 Å². The molecule has 0 bridgehead atoms. The molecule has 0 aliphatic carbocycles. The summed E-state index contributed by atoms with van der Waals surface area (Å²) < 4.78 is 5.10. The maximum absolute atomic E-state index is 11.9. The zero-order chi connectivity index (χ0) is 20.3. The maximum Gasteiger partial charge on any atom is 0.306 e. The number of anilines is 1. The number of nitrogens with one attached hydrogen (secondary N) is 1. The minimum atomic E-state index is -0.196. The monoisotopic (exact) mass is 394 g/mol. The third kappa shape index (κ3) is 6.66. The maximum atomic E-state index is 11.9. The summed E-state index contributed by atoms with van der Waals surface area (Å²) in [6, 6.07) is 4.37. The Labute approximate surface area is 172 Å². The zero-order valence-electron chi connectivity index (χ0n) is 17.1. The van der Waals surface area contributed by atoms with Crippen LogP contribution in [-0.2, 0) is 22.4 Å². The largest absolute Gasteiger partial charge is 0.466 e. The number of rotatable bonds is 10. The highest BCUT2D eigenvalue weighted by Gasteiger charge is 2.15. The van der Waals surface area contributed by atoms with Gasteiger partial charge in [0.15, 0.2) is 0 Å². The Hall–Kier alpha value is -2.76. The number of carbonyl (C=O) groups excluding carboxylic acids is 1. The first-order valence-electron chi connectivity index (χ1n) is 10.6. The fourth-order valence-electron chi connectivity index (χ4n) is 3.54. The van der Waals surface area contributed by atoms with Crippen molar-refractivity contribution in [3.63, 3.8) is 0 Å². The smallest absolute Gasteiger partial charge is 0.306 e. The molecule has 29 heavy (non-hydrogen) atoms. The topological polar surface area (TPSA) is 77.0 Å². The van der Waals surface area contributed by atoms with Crippen molar-refractivity contribution in [3.05, 3.63) is 59.8 Å². The van der Waals surface area contributed by atoms with Crippen molar-refractivity contribution in [1.82, 2.24) is 15.0 Å². The van der Waals surface area contributed by atoms with Gasteiger partial charge in [0.05, 0.1) is 13.0 Å². The van der Waals surface area contributed by atoms with Gasteiger partial charge in [0, 0.05) is 30.6 Å². The lowest BCUT2D eigenvalue weighted by Gasteiger charge is -2.17. The molecule has 0 radical (unpaired) electrons. The molecular weight excluding hydrogens is 364 g/mol. The molecule has 6 nitrogen and oxygen atoms in total. The number of fused-ring (bicyclic) bond motifs is 1. The highest BCUT2D eigenvalue weighted by molar-refractivity contribution is 5.70. The van der Waals surface area contributed by atoms with Crippen LogP contribution in [0.3, 0.4) is 0 Å². The van der Waals surface area contributed by atoms with E-state index in [1.807, 2.05) is 6.92 Å². The van der Waals surface area contributed by atoms with Gasteiger partial charge >= 0.3 is 5.97 Å². The van der Waals surface area contributed by atoms with Gasteiger partial charge in [0.1, 0.15) is 12.1 Å². The van der Waals surface area contributed by atoms with Crippen LogP contribution in [0.1, 0.15) is 61.8 Å². The van der Waals surface area contributed by atoms with E-state index in [1.54, 1.807) is 12.4 Å². The molecule has 0 fully saturated rings. The number of nitrogens with zero attached hydrogens (tertiary/aromatic N) is 3. The minimum absolute atomic E-state index is 0.0522. The van der Waals surface area contributed by atoms with E-state index < -0.39 is 0 Å². The minimum Gasteiger partial charge on any atom is -0.466 e. The standard InChI is InChI=1S/C23H30N4O2/c1-2-29-22(28)14-19(20-15-24-17-25-16-20)8-5-3-4-6-10-21-12-11-18-9-7-13-26-23(18)27-21/h5,8,11-12,15-17,19H,2-4,6-7,9-10,13-14H2,1H3,(H,26,27)/b8-5+/t19-/m1/s1. The van der Waals surface area contributed by atoms with Crippen molar-refractivity contribution in [1.29, 1.82) is 0 Å². The van der Waals surface area contributed by atoms with Gasteiger partial charge in [-0.15, -0.1) is 0 Å². The molecule has 0 spiro atoms. The average Bonchev–Trinajstić information content (AvgIpc) is 2.76. The second-order valence-electron chi connectivity index (χ2n) is 7.30. The molecule has 1 aliphatic heterocycles. The van der Waals surface area contributed by atoms with E-state index in [0.29, 0.717) is 13.0 Å². The number of esters is 1. The van der Waals surface area contributed by atoms with Crippen LogP contribution >= 0.6 is 0 Å². The molecule has 154 valence electrons. The number of hydrogen-bond acceptors (Lipinski definition) is 6. The first kappa shape index (κ1) is 21.0. The summed E-state index contributed by atoms with van der Waals surface area (Å²) in [5.74, 6) is 0.822. The SMILES string of the molecule is CCOC(=O)C[C@@H](/C=C/CCCCc1ccc2c(n1)NCCC2)c1cncnc1. The third-order valence-corrected chi connectivity index (χ3v) is 5.07. The third-order valence-electron chi connectivity index (χ3n) is 5.07. The summed E-state index contributed by atoms with van der Waals surface area (Å²) in [5, 5.41) is 3.40. The molecule has 2 aromatic heterocycles. The average molecular weight is 395 g/mol. The predicted molar refractivity (Wildman–Crippen MR) is 114 cm³/mol. The van der Waals surface area contributed by atoms with Crippen LogP contribution in [0.2, 0.25) is 0 Å². The lowest BCUT2D eigenvalue weighted by Crippen LogP contribution is -2.13. The van der Waals surface area contributed by atoms with E-state index >= 15 is 0 Å². The summed E-state index contributed by atoms with van der Waals surface area (Å²) in [4.78, 5) is 24.8. The summed E-state index contributed by atoms with van der Waals surface area (Å²) in [7, 11) is 0. The number of pyridine rings is 1. The summed E-state index contributed by atoms with van der Waals surface area (Å²) in [6.07, 6.45) is 16.0. The number of carbonyl (C=O) groups is 1. The van der Waals surface area contributed by atoms with Gasteiger partial charge in [-0.05, 0) is 62.6 Å². The first-order valence-corrected chi connectivity index (χ1v) is 10.6. The Balaban J connectivity index is 1.46. The normalized spacial score (nSPS) is 14.2. The Morgan fingerprint density at radius 1 is 1.28 bits per heavy atom. The molecule has 3 heterocycles. The van der Waals surface area contributed by atoms with Gasteiger partial charge in [0.25, 0.3) is 0 Å². The van der Waals surface area contributed by atoms with Crippen LogP contribution in [0.4, 0.5) is 5.82 Å². The molecule has 0 unspecified atom stereocenters. The van der Waals surface area contributed by atoms with Crippen LogP contribution in [-0.4, -0.2) is 34.1 Å². The molecule has 3 rings (SSSR count). The van der Waals surface area contributed by atoms with Gasteiger partial charge in [-0.1, -0.05) is 18.2 Å². The van der Waals surface area contributed by atoms with Crippen molar-refractivity contribution in [2.75, 3.05) is 18.5 Å². The number of unbranched alkanes of at least 4 members (excludes halogenated alkanes) is 2. The molecule has 1 aliphatic rings. The molecule has 1 atom stereocenters. The van der Waals surface area contributed by atoms with E-state index in [1.165, 1.54) is 18.3 Å². The van der Waals surface area contributed by atoms with Gasteiger partial charge < -0.3 is 10.1 Å². The quantitative estimate of drug-likeness (QED) is 0.369. The number of allylic oxidation sites excluding steroid dienone is 2. The molecule has 0 amide bonds. The van der Waals surface area contributed by atoms with Crippen LogP contribution in [0.5, 0.6) is 0 Å². The van der Waals surface area contributed by atoms with E-state index in [9.17, 15) is 4.79 Å². The fraction of sp³-hybridized carbons (Fsp3) is 0.478.